The van der Waals surface area contributed by atoms with Gasteiger partial charge in [-0.3, -0.25) is 9.59 Å². The maximum absolute atomic E-state index is 13.3. The third-order valence-corrected chi connectivity index (χ3v) is 6.80. The van der Waals surface area contributed by atoms with E-state index in [2.05, 4.69) is 25.3 Å². The smallest absolute Gasteiger partial charge is 0.295 e. The van der Waals surface area contributed by atoms with Crippen molar-refractivity contribution in [1.82, 2.24) is 9.80 Å². The normalized spacial score (nSPS) is 20.5. The van der Waals surface area contributed by atoms with Crippen LogP contribution in [-0.4, -0.2) is 65.5 Å². The molecule has 2 aliphatic rings. The third kappa shape index (κ3) is 5.02. The number of aliphatic hydroxyl groups is 1. The fourth-order valence-electron chi connectivity index (χ4n) is 4.90. The van der Waals surface area contributed by atoms with Gasteiger partial charge >= 0.3 is 0 Å². The molecule has 1 N–H and O–H groups in total. The summed E-state index contributed by atoms with van der Waals surface area (Å²) in [7, 11) is 0. The first-order valence-corrected chi connectivity index (χ1v) is 12.5. The van der Waals surface area contributed by atoms with Gasteiger partial charge in [0.15, 0.2) is 0 Å². The summed E-state index contributed by atoms with van der Waals surface area (Å²) in [6.07, 6.45) is 2.43. The molecule has 0 spiro atoms. The standard InChI is InChI=1S/C29H34N2O5/c1-5-15-35-23-10-8-9-20(18-23)26-25(28(33)29(34)31(26)14-13-30(6-2)7-3)27(32)21-11-12-24-22(17-21)16-19(4)36-24/h5,8-12,17-19,26,32H,1,6-7,13-16H2,2-4H3/t19-,26+/m0/s1. The largest absolute Gasteiger partial charge is 0.507 e. The van der Waals surface area contributed by atoms with E-state index < -0.39 is 17.7 Å². The molecule has 2 heterocycles. The SMILES string of the molecule is C=CCOc1cccc([C@@H]2C(=C(O)c3ccc4c(c3)C[C@H](C)O4)C(=O)C(=O)N2CCN(CC)CC)c1. The summed E-state index contributed by atoms with van der Waals surface area (Å²) in [6, 6.07) is 12.0. The Morgan fingerprint density at radius 3 is 2.72 bits per heavy atom. The van der Waals surface area contributed by atoms with Crippen molar-refractivity contribution in [3.8, 4) is 11.5 Å². The van der Waals surface area contributed by atoms with E-state index in [9.17, 15) is 14.7 Å². The molecule has 0 unspecified atom stereocenters. The first-order chi connectivity index (χ1) is 17.4. The quantitative estimate of drug-likeness (QED) is 0.231. The summed E-state index contributed by atoms with van der Waals surface area (Å²) >= 11 is 0. The van der Waals surface area contributed by atoms with Gasteiger partial charge in [0, 0.05) is 25.1 Å². The van der Waals surface area contributed by atoms with Gasteiger partial charge in [-0.2, -0.15) is 0 Å². The molecule has 2 aliphatic heterocycles. The number of benzene rings is 2. The molecule has 2 atom stereocenters. The number of hydrogen-bond donors (Lipinski definition) is 1. The van der Waals surface area contributed by atoms with Gasteiger partial charge in [-0.25, -0.2) is 0 Å². The number of Topliss-reactive ketones (excluding diaryl/α,β-unsaturated/α-hetero) is 1. The second kappa shape index (κ2) is 11.0. The molecule has 36 heavy (non-hydrogen) atoms. The van der Waals surface area contributed by atoms with Crippen molar-refractivity contribution >= 4 is 17.4 Å². The van der Waals surface area contributed by atoms with Crippen molar-refractivity contribution in [3.05, 3.63) is 77.4 Å². The van der Waals surface area contributed by atoms with Gasteiger partial charge in [0.05, 0.1) is 11.6 Å². The molecule has 4 rings (SSSR count). The van der Waals surface area contributed by atoms with Crippen LogP contribution in [0.3, 0.4) is 0 Å². The van der Waals surface area contributed by atoms with E-state index in [-0.39, 0.29) is 17.4 Å². The number of fused-ring (bicyclic) bond motifs is 1. The topological polar surface area (TPSA) is 79.3 Å². The van der Waals surface area contributed by atoms with Crippen LogP contribution in [-0.2, 0) is 16.0 Å². The minimum absolute atomic E-state index is 0.0568. The minimum Gasteiger partial charge on any atom is -0.507 e. The van der Waals surface area contributed by atoms with Crippen LogP contribution >= 0.6 is 0 Å². The van der Waals surface area contributed by atoms with Crippen LogP contribution in [0.2, 0.25) is 0 Å². The number of ether oxygens (including phenoxy) is 2. The second-order valence-electron chi connectivity index (χ2n) is 9.15. The number of hydrogen-bond acceptors (Lipinski definition) is 6. The molecule has 0 saturated carbocycles. The zero-order chi connectivity index (χ0) is 25.8. The van der Waals surface area contributed by atoms with Crippen LogP contribution < -0.4 is 9.47 Å². The Bertz CT molecular complexity index is 1180. The molecule has 0 aromatic heterocycles. The fourth-order valence-corrected chi connectivity index (χ4v) is 4.90. The number of ketones is 1. The lowest BCUT2D eigenvalue weighted by Crippen LogP contribution is -2.38. The molecule has 0 bridgehead atoms. The molecular weight excluding hydrogens is 456 g/mol. The first-order valence-electron chi connectivity index (χ1n) is 12.5. The molecule has 0 aliphatic carbocycles. The summed E-state index contributed by atoms with van der Waals surface area (Å²) in [5.74, 6) is -0.0833. The number of carbonyl (C=O) groups is 2. The Hall–Kier alpha value is -3.58. The van der Waals surface area contributed by atoms with Crippen LogP contribution in [0.1, 0.15) is 43.5 Å². The lowest BCUT2D eigenvalue weighted by Gasteiger charge is -2.28. The van der Waals surface area contributed by atoms with Gasteiger partial charge in [-0.15, -0.1) is 0 Å². The van der Waals surface area contributed by atoms with Crippen molar-refractivity contribution in [3.63, 3.8) is 0 Å². The monoisotopic (exact) mass is 490 g/mol. The highest BCUT2D eigenvalue weighted by Crippen LogP contribution is 2.41. The van der Waals surface area contributed by atoms with E-state index in [1.807, 2.05) is 43.3 Å². The van der Waals surface area contributed by atoms with Crippen molar-refractivity contribution in [2.75, 3.05) is 32.8 Å². The predicted molar refractivity (Wildman–Crippen MR) is 139 cm³/mol. The minimum atomic E-state index is -0.726. The average molecular weight is 491 g/mol. The van der Waals surface area contributed by atoms with E-state index in [1.165, 1.54) is 0 Å². The predicted octanol–water partition coefficient (Wildman–Crippen LogP) is 4.34. The molecule has 1 fully saturated rings. The Labute approximate surface area is 212 Å². The molecule has 7 nitrogen and oxygen atoms in total. The summed E-state index contributed by atoms with van der Waals surface area (Å²) in [6.45, 7) is 12.8. The fraction of sp³-hybridized carbons (Fsp3) is 0.379. The first kappa shape index (κ1) is 25.5. The highest BCUT2D eigenvalue weighted by Gasteiger charge is 2.46. The van der Waals surface area contributed by atoms with Crippen LogP contribution in [0.25, 0.3) is 5.76 Å². The molecule has 1 amide bonds. The van der Waals surface area contributed by atoms with Crippen molar-refractivity contribution < 1.29 is 24.2 Å². The van der Waals surface area contributed by atoms with Gasteiger partial charge < -0.3 is 24.4 Å². The Kier molecular flexibility index (Phi) is 7.79. The van der Waals surface area contributed by atoms with Crippen molar-refractivity contribution in [2.24, 2.45) is 0 Å². The van der Waals surface area contributed by atoms with E-state index in [1.54, 1.807) is 17.0 Å². The van der Waals surface area contributed by atoms with Gasteiger partial charge in [0.1, 0.15) is 30.0 Å². The molecule has 0 radical (unpaired) electrons. The maximum Gasteiger partial charge on any atom is 0.295 e. The van der Waals surface area contributed by atoms with Gasteiger partial charge in [0.25, 0.3) is 11.7 Å². The zero-order valence-electron chi connectivity index (χ0n) is 21.2. The van der Waals surface area contributed by atoms with Crippen LogP contribution in [0.4, 0.5) is 0 Å². The number of nitrogens with zero attached hydrogens (tertiary/aromatic N) is 2. The number of likely N-dealkylation sites (tertiary alicyclic amines) is 1. The number of amides is 1. The van der Waals surface area contributed by atoms with Crippen molar-refractivity contribution in [2.45, 2.75) is 39.3 Å². The van der Waals surface area contributed by atoms with E-state index in [4.69, 9.17) is 9.47 Å². The van der Waals surface area contributed by atoms with Gasteiger partial charge in [0.2, 0.25) is 0 Å². The summed E-state index contributed by atoms with van der Waals surface area (Å²) < 4.78 is 11.5. The number of carbonyl (C=O) groups excluding carboxylic acids is 2. The number of aliphatic hydroxyl groups excluding tert-OH is 1. The highest BCUT2D eigenvalue weighted by atomic mass is 16.5. The lowest BCUT2D eigenvalue weighted by molar-refractivity contribution is -0.140. The van der Waals surface area contributed by atoms with E-state index in [0.717, 1.165) is 30.8 Å². The highest BCUT2D eigenvalue weighted by molar-refractivity contribution is 6.46. The van der Waals surface area contributed by atoms with Crippen LogP contribution in [0.5, 0.6) is 11.5 Å². The van der Waals surface area contributed by atoms with E-state index in [0.29, 0.717) is 36.6 Å². The molecule has 190 valence electrons. The van der Waals surface area contributed by atoms with Crippen molar-refractivity contribution in [1.29, 1.82) is 0 Å². The van der Waals surface area contributed by atoms with Gasteiger partial charge in [-0.05, 0) is 61.5 Å². The zero-order valence-corrected chi connectivity index (χ0v) is 21.2. The van der Waals surface area contributed by atoms with E-state index >= 15 is 0 Å². The molecule has 7 heteroatoms. The third-order valence-electron chi connectivity index (χ3n) is 6.80. The number of likely N-dealkylation sites (N-methyl/N-ethyl adjacent to an activating group) is 1. The molecule has 2 aromatic carbocycles. The number of rotatable bonds is 10. The molecule has 1 saturated heterocycles. The van der Waals surface area contributed by atoms with Gasteiger partial charge in [-0.1, -0.05) is 38.6 Å². The maximum atomic E-state index is 13.3. The second-order valence-corrected chi connectivity index (χ2v) is 9.15. The average Bonchev–Trinajstić information content (AvgIpc) is 3.38. The summed E-state index contributed by atoms with van der Waals surface area (Å²) in [4.78, 5) is 30.4. The molecule has 2 aromatic rings. The Balaban J connectivity index is 1.78. The molecular formula is C29H34N2O5. The summed E-state index contributed by atoms with van der Waals surface area (Å²) in [5.41, 5.74) is 2.26. The Morgan fingerprint density at radius 1 is 1.22 bits per heavy atom. The lowest BCUT2D eigenvalue weighted by atomic mass is 9.94. The summed E-state index contributed by atoms with van der Waals surface area (Å²) in [5, 5.41) is 11.4. The Morgan fingerprint density at radius 2 is 2.00 bits per heavy atom. The van der Waals surface area contributed by atoms with Crippen LogP contribution in [0, 0.1) is 0 Å². The van der Waals surface area contributed by atoms with Crippen LogP contribution in [0.15, 0.2) is 60.7 Å².